The first-order chi connectivity index (χ1) is 16.5. The van der Waals surface area contributed by atoms with E-state index in [2.05, 4.69) is 15.0 Å². The number of nitrogens with zero attached hydrogens (tertiary/aromatic N) is 2. The number of anilines is 1. The SMILES string of the molecule is O=C(Nc1ccc(S(=O)(=O)NC2CCCCC2)cc1)c1ccn2cc(-c3ccccc3)nc2c1. The quantitative estimate of drug-likeness (QED) is 0.417. The Bertz CT molecular complexity index is 1410. The predicted molar refractivity (Wildman–Crippen MR) is 132 cm³/mol. The first-order valence-corrected chi connectivity index (χ1v) is 12.9. The summed E-state index contributed by atoms with van der Waals surface area (Å²) in [5, 5.41) is 2.83. The molecule has 8 heteroatoms. The molecule has 1 amide bonds. The van der Waals surface area contributed by atoms with Crippen molar-refractivity contribution in [3.05, 3.63) is 84.7 Å². The Hall–Kier alpha value is -3.49. The summed E-state index contributed by atoms with van der Waals surface area (Å²) in [6, 6.07) is 19.6. The monoisotopic (exact) mass is 474 g/mol. The molecule has 0 radical (unpaired) electrons. The zero-order valence-electron chi connectivity index (χ0n) is 18.6. The van der Waals surface area contributed by atoms with Crippen LogP contribution in [0.5, 0.6) is 0 Å². The van der Waals surface area contributed by atoms with E-state index < -0.39 is 10.0 Å². The number of carbonyl (C=O) groups excluding carboxylic acids is 1. The van der Waals surface area contributed by atoms with Gasteiger partial charge in [-0.1, -0.05) is 49.6 Å². The summed E-state index contributed by atoms with van der Waals surface area (Å²) in [6.07, 6.45) is 8.74. The molecule has 2 aromatic heterocycles. The van der Waals surface area contributed by atoms with Gasteiger partial charge in [0.15, 0.2) is 0 Å². The number of rotatable bonds is 6. The predicted octanol–water partition coefficient (Wildman–Crippen LogP) is 4.86. The van der Waals surface area contributed by atoms with Gasteiger partial charge in [-0.3, -0.25) is 4.79 Å². The third-order valence-electron chi connectivity index (χ3n) is 6.14. The number of benzene rings is 2. The van der Waals surface area contributed by atoms with E-state index in [0.29, 0.717) is 16.9 Å². The van der Waals surface area contributed by atoms with Crippen LogP contribution in [0.3, 0.4) is 0 Å². The van der Waals surface area contributed by atoms with Crippen molar-refractivity contribution in [1.82, 2.24) is 14.1 Å². The molecule has 2 N–H and O–H groups in total. The van der Waals surface area contributed by atoms with E-state index in [1.165, 1.54) is 12.1 Å². The molecule has 1 saturated carbocycles. The molecule has 1 fully saturated rings. The van der Waals surface area contributed by atoms with Crippen molar-refractivity contribution < 1.29 is 13.2 Å². The standard InChI is InChI=1S/C26H26N4O3S/c31-26(20-15-16-30-18-24(28-25(30)17-20)19-7-3-1-4-8-19)27-21-11-13-23(14-12-21)34(32,33)29-22-9-5-2-6-10-22/h1,3-4,7-8,11-18,22,29H,2,5-6,9-10H2,(H,27,31). The van der Waals surface area contributed by atoms with E-state index >= 15 is 0 Å². The molecule has 0 atom stereocenters. The average Bonchev–Trinajstić information content (AvgIpc) is 3.29. The van der Waals surface area contributed by atoms with Gasteiger partial charge in [-0.25, -0.2) is 18.1 Å². The minimum atomic E-state index is -3.58. The van der Waals surface area contributed by atoms with Crippen LogP contribution < -0.4 is 10.0 Å². The average molecular weight is 475 g/mol. The molecule has 1 aliphatic carbocycles. The van der Waals surface area contributed by atoms with Gasteiger partial charge in [0.2, 0.25) is 10.0 Å². The number of carbonyl (C=O) groups is 1. The second-order valence-corrected chi connectivity index (χ2v) is 10.3. The molecule has 7 nitrogen and oxygen atoms in total. The second-order valence-electron chi connectivity index (χ2n) is 8.61. The highest BCUT2D eigenvalue weighted by atomic mass is 32.2. The van der Waals surface area contributed by atoms with Crippen LogP contribution in [0, 0.1) is 0 Å². The molecule has 4 aromatic rings. The van der Waals surface area contributed by atoms with E-state index in [9.17, 15) is 13.2 Å². The van der Waals surface area contributed by atoms with Crippen LogP contribution >= 0.6 is 0 Å². The maximum Gasteiger partial charge on any atom is 0.255 e. The summed E-state index contributed by atoms with van der Waals surface area (Å²) in [4.78, 5) is 17.6. The highest BCUT2D eigenvalue weighted by Crippen LogP contribution is 2.22. The van der Waals surface area contributed by atoms with Gasteiger partial charge in [0, 0.05) is 35.2 Å². The van der Waals surface area contributed by atoms with E-state index in [1.54, 1.807) is 30.5 Å². The van der Waals surface area contributed by atoms with Gasteiger partial charge in [0.25, 0.3) is 5.91 Å². The van der Waals surface area contributed by atoms with Crippen molar-refractivity contribution in [3.63, 3.8) is 0 Å². The number of imidazole rings is 1. The van der Waals surface area contributed by atoms with Crippen molar-refractivity contribution in [2.75, 3.05) is 5.32 Å². The lowest BCUT2D eigenvalue weighted by molar-refractivity contribution is 0.102. The van der Waals surface area contributed by atoms with E-state index in [1.807, 2.05) is 40.9 Å². The van der Waals surface area contributed by atoms with Gasteiger partial charge in [0.1, 0.15) is 5.65 Å². The van der Waals surface area contributed by atoms with Gasteiger partial charge in [-0.15, -0.1) is 0 Å². The smallest absolute Gasteiger partial charge is 0.255 e. The summed E-state index contributed by atoms with van der Waals surface area (Å²) >= 11 is 0. The minimum Gasteiger partial charge on any atom is -0.322 e. The number of hydrogen-bond acceptors (Lipinski definition) is 4. The molecular weight excluding hydrogens is 448 g/mol. The van der Waals surface area contributed by atoms with E-state index in [4.69, 9.17) is 0 Å². The fourth-order valence-corrected chi connectivity index (χ4v) is 5.60. The first-order valence-electron chi connectivity index (χ1n) is 11.5. The van der Waals surface area contributed by atoms with Crippen molar-refractivity contribution >= 4 is 27.3 Å². The molecule has 0 bridgehead atoms. The molecule has 5 rings (SSSR count). The van der Waals surface area contributed by atoms with Crippen LogP contribution in [0.2, 0.25) is 0 Å². The fourth-order valence-electron chi connectivity index (χ4n) is 4.30. The highest BCUT2D eigenvalue weighted by molar-refractivity contribution is 7.89. The highest BCUT2D eigenvalue weighted by Gasteiger charge is 2.21. The normalized spacial score (nSPS) is 14.8. The lowest BCUT2D eigenvalue weighted by Gasteiger charge is -2.22. The molecule has 0 aliphatic heterocycles. The first kappa shape index (κ1) is 22.3. The van der Waals surface area contributed by atoms with Crippen LogP contribution in [0.1, 0.15) is 42.5 Å². The van der Waals surface area contributed by atoms with E-state index in [-0.39, 0.29) is 16.8 Å². The lowest BCUT2D eigenvalue weighted by Crippen LogP contribution is -2.36. The van der Waals surface area contributed by atoms with Gasteiger partial charge in [-0.05, 0) is 49.2 Å². The number of fused-ring (bicyclic) bond motifs is 1. The number of hydrogen-bond donors (Lipinski definition) is 2. The molecular formula is C26H26N4O3S. The number of sulfonamides is 1. The Morgan fingerprint density at radius 2 is 1.68 bits per heavy atom. The largest absolute Gasteiger partial charge is 0.322 e. The van der Waals surface area contributed by atoms with Crippen molar-refractivity contribution in [3.8, 4) is 11.3 Å². The van der Waals surface area contributed by atoms with Crippen LogP contribution in [-0.4, -0.2) is 29.8 Å². The molecule has 2 aromatic carbocycles. The number of pyridine rings is 1. The van der Waals surface area contributed by atoms with Gasteiger partial charge in [-0.2, -0.15) is 0 Å². The van der Waals surface area contributed by atoms with Gasteiger partial charge >= 0.3 is 0 Å². The maximum atomic E-state index is 12.8. The Balaban J connectivity index is 1.28. The van der Waals surface area contributed by atoms with Crippen molar-refractivity contribution in [2.45, 2.75) is 43.0 Å². The van der Waals surface area contributed by atoms with Crippen LogP contribution in [0.4, 0.5) is 5.69 Å². The zero-order valence-corrected chi connectivity index (χ0v) is 19.5. The minimum absolute atomic E-state index is 0.00174. The topological polar surface area (TPSA) is 92.6 Å². The number of aromatic nitrogens is 2. The lowest BCUT2D eigenvalue weighted by atomic mass is 9.96. The fraction of sp³-hybridized carbons (Fsp3) is 0.231. The Kier molecular flexibility index (Phi) is 6.17. The Labute approximate surface area is 198 Å². The molecule has 34 heavy (non-hydrogen) atoms. The zero-order chi connectivity index (χ0) is 23.5. The summed E-state index contributed by atoms with van der Waals surface area (Å²) in [6.45, 7) is 0. The maximum absolute atomic E-state index is 12.8. The summed E-state index contributed by atoms with van der Waals surface area (Å²) in [7, 11) is -3.58. The van der Waals surface area contributed by atoms with Crippen molar-refractivity contribution in [1.29, 1.82) is 0 Å². The molecule has 0 unspecified atom stereocenters. The van der Waals surface area contributed by atoms with Crippen LogP contribution in [0.25, 0.3) is 16.9 Å². The van der Waals surface area contributed by atoms with Crippen molar-refractivity contribution in [2.24, 2.45) is 0 Å². The molecule has 1 aliphatic rings. The van der Waals surface area contributed by atoms with E-state index in [0.717, 1.165) is 43.4 Å². The van der Waals surface area contributed by atoms with Gasteiger partial charge < -0.3 is 9.72 Å². The Morgan fingerprint density at radius 3 is 2.41 bits per heavy atom. The molecule has 0 spiro atoms. The summed E-state index contributed by atoms with van der Waals surface area (Å²) in [5.74, 6) is -0.289. The number of nitrogens with one attached hydrogen (secondary N) is 2. The molecule has 174 valence electrons. The molecule has 2 heterocycles. The van der Waals surface area contributed by atoms with Crippen LogP contribution in [-0.2, 0) is 10.0 Å². The van der Waals surface area contributed by atoms with Gasteiger partial charge in [0.05, 0.1) is 10.6 Å². The Morgan fingerprint density at radius 1 is 0.941 bits per heavy atom. The third-order valence-corrected chi connectivity index (χ3v) is 7.68. The summed E-state index contributed by atoms with van der Waals surface area (Å²) < 4.78 is 30.0. The number of amides is 1. The summed E-state index contributed by atoms with van der Waals surface area (Å²) in [5.41, 5.74) is 3.49. The third kappa shape index (κ3) is 4.88. The van der Waals surface area contributed by atoms with Crippen LogP contribution in [0.15, 0.2) is 84.0 Å². The molecule has 0 saturated heterocycles. The second kappa shape index (κ2) is 9.40.